The van der Waals surface area contributed by atoms with Crippen molar-refractivity contribution >= 4 is 0 Å². The Morgan fingerprint density at radius 3 is 3.00 bits per heavy atom. The van der Waals surface area contributed by atoms with Crippen LogP contribution >= 0.6 is 0 Å². The number of aromatic nitrogens is 2. The Morgan fingerprint density at radius 1 is 1.32 bits per heavy atom. The maximum Gasteiger partial charge on any atom is 0.0645 e. The molecule has 0 radical (unpaired) electrons. The molecule has 1 N–H and O–H groups in total. The van der Waals surface area contributed by atoms with Gasteiger partial charge in [-0.3, -0.25) is 0 Å². The molecule has 1 aliphatic heterocycles. The molecule has 0 amide bonds. The van der Waals surface area contributed by atoms with Crippen LogP contribution in [-0.4, -0.2) is 29.5 Å². The lowest BCUT2D eigenvalue weighted by Crippen LogP contribution is -2.22. The van der Waals surface area contributed by atoms with Crippen LogP contribution in [0.1, 0.15) is 12.0 Å². The van der Waals surface area contributed by atoms with Crippen molar-refractivity contribution in [2.24, 2.45) is 5.92 Å². The first-order valence-electron chi connectivity index (χ1n) is 6.79. The van der Waals surface area contributed by atoms with Crippen molar-refractivity contribution in [1.82, 2.24) is 15.1 Å². The van der Waals surface area contributed by atoms with Crippen LogP contribution in [0.4, 0.5) is 0 Å². The summed E-state index contributed by atoms with van der Waals surface area (Å²) >= 11 is 0. The van der Waals surface area contributed by atoms with E-state index in [0.717, 1.165) is 32.0 Å². The second-order valence-electron chi connectivity index (χ2n) is 4.99. The van der Waals surface area contributed by atoms with Gasteiger partial charge in [0.25, 0.3) is 0 Å². The number of para-hydroxylation sites is 1. The molecule has 0 saturated carbocycles. The van der Waals surface area contributed by atoms with Gasteiger partial charge in [0.1, 0.15) is 0 Å². The van der Waals surface area contributed by atoms with E-state index in [0.29, 0.717) is 5.92 Å². The van der Waals surface area contributed by atoms with Gasteiger partial charge in [-0.2, -0.15) is 5.10 Å². The summed E-state index contributed by atoms with van der Waals surface area (Å²) in [6.45, 7) is 3.70. The molecule has 0 bridgehead atoms. The number of hydrogen-bond acceptors (Lipinski definition) is 3. The molecule has 100 valence electrons. The largest absolute Gasteiger partial charge is 0.381 e. The van der Waals surface area contributed by atoms with Crippen LogP contribution in [0.2, 0.25) is 0 Å². The summed E-state index contributed by atoms with van der Waals surface area (Å²) in [5.41, 5.74) is 2.31. The van der Waals surface area contributed by atoms with Gasteiger partial charge >= 0.3 is 0 Å². The minimum absolute atomic E-state index is 0.671. The Morgan fingerprint density at radius 2 is 2.21 bits per heavy atom. The minimum atomic E-state index is 0.671. The maximum atomic E-state index is 5.37. The molecule has 1 atom stereocenters. The highest BCUT2D eigenvalue weighted by Crippen LogP contribution is 2.11. The highest BCUT2D eigenvalue weighted by Gasteiger charge is 2.14. The lowest BCUT2D eigenvalue weighted by Gasteiger charge is -2.07. The average Bonchev–Trinajstić information content (AvgIpc) is 3.11. The van der Waals surface area contributed by atoms with Crippen molar-refractivity contribution < 1.29 is 4.74 Å². The van der Waals surface area contributed by atoms with Crippen molar-refractivity contribution in [2.45, 2.75) is 13.0 Å². The van der Waals surface area contributed by atoms with Gasteiger partial charge in [0.2, 0.25) is 0 Å². The van der Waals surface area contributed by atoms with Crippen molar-refractivity contribution in [3.05, 3.63) is 48.3 Å². The van der Waals surface area contributed by atoms with Crippen LogP contribution in [-0.2, 0) is 11.3 Å². The second-order valence-corrected chi connectivity index (χ2v) is 4.99. The van der Waals surface area contributed by atoms with E-state index in [9.17, 15) is 0 Å². The van der Waals surface area contributed by atoms with Crippen LogP contribution in [0.5, 0.6) is 0 Å². The number of benzene rings is 1. The number of nitrogens with zero attached hydrogens (tertiary/aromatic N) is 2. The van der Waals surface area contributed by atoms with Gasteiger partial charge in [-0.15, -0.1) is 0 Å². The van der Waals surface area contributed by atoms with Crippen LogP contribution in [0.15, 0.2) is 42.7 Å². The lowest BCUT2D eigenvalue weighted by molar-refractivity contribution is 0.185. The van der Waals surface area contributed by atoms with Gasteiger partial charge in [0, 0.05) is 31.5 Å². The monoisotopic (exact) mass is 257 g/mol. The van der Waals surface area contributed by atoms with E-state index >= 15 is 0 Å². The second kappa shape index (κ2) is 5.99. The van der Waals surface area contributed by atoms with E-state index in [1.807, 2.05) is 29.1 Å². The molecule has 1 aromatic heterocycles. The third-order valence-electron chi connectivity index (χ3n) is 3.44. The zero-order valence-electron chi connectivity index (χ0n) is 11.0. The van der Waals surface area contributed by atoms with Gasteiger partial charge in [-0.25, -0.2) is 4.68 Å². The molecule has 0 aliphatic carbocycles. The van der Waals surface area contributed by atoms with Gasteiger partial charge in [0.05, 0.1) is 18.5 Å². The minimum Gasteiger partial charge on any atom is -0.381 e. The van der Waals surface area contributed by atoms with E-state index in [1.54, 1.807) is 0 Å². The summed E-state index contributed by atoms with van der Waals surface area (Å²) in [4.78, 5) is 0. The van der Waals surface area contributed by atoms with Crippen LogP contribution < -0.4 is 5.32 Å². The molecule has 4 nitrogen and oxygen atoms in total. The van der Waals surface area contributed by atoms with E-state index in [-0.39, 0.29) is 0 Å². The average molecular weight is 257 g/mol. The molecule has 2 aromatic rings. The van der Waals surface area contributed by atoms with E-state index < -0.39 is 0 Å². The van der Waals surface area contributed by atoms with Crippen molar-refractivity contribution in [1.29, 1.82) is 0 Å². The normalized spacial score (nSPS) is 18.8. The summed E-state index contributed by atoms with van der Waals surface area (Å²) in [7, 11) is 0. The molecule has 0 spiro atoms. The molecule has 1 saturated heterocycles. The highest BCUT2D eigenvalue weighted by atomic mass is 16.5. The number of hydrogen-bond donors (Lipinski definition) is 1. The third kappa shape index (κ3) is 3.22. The third-order valence-corrected chi connectivity index (χ3v) is 3.44. The summed E-state index contributed by atoms with van der Waals surface area (Å²) in [5, 5.41) is 7.86. The summed E-state index contributed by atoms with van der Waals surface area (Å²) in [6, 6.07) is 10.2. The molecule has 2 heterocycles. The standard InChI is InChI=1S/C15H19N3O/c1-2-4-15(5-3-1)18-11-14(10-17-18)9-16-8-13-6-7-19-12-13/h1-5,10-11,13,16H,6-9,12H2. The van der Waals surface area contributed by atoms with Crippen molar-refractivity contribution in [3.8, 4) is 5.69 Å². The van der Waals surface area contributed by atoms with Gasteiger partial charge < -0.3 is 10.1 Å². The Balaban J connectivity index is 1.53. The molecule has 3 rings (SSSR count). The molecular weight excluding hydrogens is 238 g/mol. The fourth-order valence-corrected chi connectivity index (χ4v) is 2.34. The van der Waals surface area contributed by atoms with Crippen LogP contribution in [0.25, 0.3) is 5.69 Å². The predicted molar refractivity (Wildman–Crippen MR) is 74.2 cm³/mol. The quantitative estimate of drug-likeness (QED) is 0.890. The van der Waals surface area contributed by atoms with E-state index in [2.05, 4.69) is 28.7 Å². The first kappa shape index (κ1) is 12.4. The molecule has 4 heteroatoms. The Bertz CT molecular complexity index is 503. The van der Waals surface area contributed by atoms with E-state index in [4.69, 9.17) is 4.74 Å². The topological polar surface area (TPSA) is 39.1 Å². The lowest BCUT2D eigenvalue weighted by atomic mass is 10.1. The fourth-order valence-electron chi connectivity index (χ4n) is 2.34. The Labute approximate surface area is 113 Å². The van der Waals surface area contributed by atoms with Crippen LogP contribution in [0.3, 0.4) is 0 Å². The zero-order valence-corrected chi connectivity index (χ0v) is 11.0. The summed E-state index contributed by atoms with van der Waals surface area (Å²) < 4.78 is 7.28. The molecule has 1 aliphatic rings. The summed E-state index contributed by atoms with van der Waals surface area (Å²) in [5.74, 6) is 0.671. The maximum absolute atomic E-state index is 5.37. The first-order valence-corrected chi connectivity index (χ1v) is 6.79. The smallest absolute Gasteiger partial charge is 0.0645 e. The molecule has 1 fully saturated rings. The first-order chi connectivity index (χ1) is 9.42. The highest BCUT2D eigenvalue weighted by molar-refractivity contribution is 5.30. The number of rotatable bonds is 5. The summed E-state index contributed by atoms with van der Waals surface area (Å²) in [6.07, 6.45) is 5.18. The van der Waals surface area contributed by atoms with Crippen LogP contribution in [0, 0.1) is 5.92 Å². The predicted octanol–water partition coefficient (Wildman–Crippen LogP) is 2.00. The Kier molecular flexibility index (Phi) is 3.91. The number of nitrogens with one attached hydrogen (secondary N) is 1. The number of ether oxygens (including phenoxy) is 1. The fraction of sp³-hybridized carbons (Fsp3) is 0.400. The van der Waals surface area contributed by atoms with Crippen molar-refractivity contribution in [3.63, 3.8) is 0 Å². The zero-order chi connectivity index (χ0) is 12.9. The molecule has 1 aromatic carbocycles. The van der Waals surface area contributed by atoms with Gasteiger partial charge in [-0.05, 0) is 24.5 Å². The Hall–Kier alpha value is -1.65. The van der Waals surface area contributed by atoms with Gasteiger partial charge in [0.15, 0.2) is 0 Å². The molecule has 1 unspecified atom stereocenters. The van der Waals surface area contributed by atoms with E-state index in [1.165, 1.54) is 12.0 Å². The SMILES string of the molecule is c1ccc(-n2cc(CNCC3CCOC3)cn2)cc1. The molecular formula is C15H19N3O. The van der Waals surface area contributed by atoms with Crippen molar-refractivity contribution in [2.75, 3.05) is 19.8 Å². The molecule has 19 heavy (non-hydrogen) atoms. The van der Waals surface area contributed by atoms with Gasteiger partial charge in [-0.1, -0.05) is 18.2 Å².